The summed E-state index contributed by atoms with van der Waals surface area (Å²) >= 11 is 0. The lowest BCUT2D eigenvalue weighted by Crippen LogP contribution is -2.32. The summed E-state index contributed by atoms with van der Waals surface area (Å²) in [4.78, 5) is 25.4. The molecule has 1 atom stereocenters. The summed E-state index contributed by atoms with van der Waals surface area (Å²) in [5.41, 5.74) is 0.820. The van der Waals surface area contributed by atoms with Gasteiger partial charge >= 0.3 is 0 Å². The van der Waals surface area contributed by atoms with E-state index in [0.29, 0.717) is 30.4 Å². The summed E-state index contributed by atoms with van der Waals surface area (Å²) in [5.74, 6) is 0.785. The molecule has 2 aromatic rings. The van der Waals surface area contributed by atoms with Crippen LogP contribution in [0.25, 0.3) is 0 Å². The third-order valence-electron chi connectivity index (χ3n) is 4.40. The minimum Gasteiger partial charge on any atom is -0.477 e. The van der Waals surface area contributed by atoms with Crippen molar-refractivity contribution in [2.45, 2.75) is 45.3 Å². The first-order valence-corrected chi connectivity index (χ1v) is 8.94. The molecule has 1 fully saturated rings. The standard InChI is InChI=1S/C19H24N4O3/c1-3-25-17-15(7-6-9-20-17)16(24)21-11-14-12-22-18(23-13-14)19(2)8-4-5-10-26-19/h6-7,9,12-13H,3-5,8,10-11H2,1-2H3,(H,21,24). The second kappa shape index (κ2) is 8.23. The van der Waals surface area contributed by atoms with Crippen LogP contribution in [-0.4, -0.2) is 34.1 Å². The van der Waals surface area contributed by atoms with Gasteiger partial charge < -0.3 is 14.8 Å². The molecule has 26 heavy (non-hydrogen) atoms. The van der Waals surface area contributed by atoms with E-state index in [4.69, 9.17) is 9.47 Å². The number of pyridine rings is 1. The van der Waals surface area contributed by atoms with Gasteiger partial charge in [-0.15, -0.1) is 0 Å². The summed E-state index contributed by atoms with van der Waals surface area (Å²) in [6, 6.07) is 3.40. The Morgan fingerprint density at radius 2 is 2.12 bits per heavy atom. The molecule has 0 spiro atoms. The summed E-state index contributed by atoms with van der Waals surface area (Å²) in [7, 11) is 0. The topological polar surface area (TPSA) is 86.2 Å². The Morgan fingerprint density at radius 3 is 2.81 bits per heavy atom. The second-order valence-electron chi connectivity index (χ2n) is 6.42. The minimum absolute atomic E-state index is 0.242. The Bertz CT molecular complexity index is 743. The van der Waals surface area contributed by atoms with Gasteiger partial charge in [-0.1, -0.05) is 0 Å². The van der Waals surface area contributed by atoms with Crippen LogP contribution in [0.1, 0.15) is 54.9 Å². The van der Waals surface area contributed by atoms with Gasteiger partial charge in [-0.3, -0.25) is 4.79 Å². The maximum absolute atomic E-state index is 12.4. The predicted molar refractivity (Wildman–Crippen MR) is 95.8 cm³/mol. The second-order valence-corrected chi connectivity index (χ2v) is 6.42. The zero-order valence-corrected chi connectivity index (χ0v) is 15.2. The van der Waals surface area contributed by atoms with Crippen LogP contribution in [0.3, 0.4) is 0 Å². The predicted octanol–water partition coefficient (Wildman–Crippen LogP) is 2.62. The molecule has 1 unspecified atom stereocenters. The van der Waals surface area contributed by atoms with Gasteiger partial charge in [0, 0.05) is 37.3 Å². The molecule has 138 valence electrons. The van der Waals surface area contributed by atoms with Gasteiger partial charge in [0.15, 0.2) is 5.82 Å². The number of carbonyl (C=O) groups excluding carboxylic acids is 1. The van der Waals surface area contributed by atoms with Crippen molar-refractivity contribution < 1.29 is 14.3 Å². The number of ether oxygens (including phenoxy) is 2. The molecule has 2 aromatic heterocycles. The van der Waals surface area contributed by atoms with E-state index >= 15 is 0 Å². The number of aromatic nitrogens is 3. The smallest absolute Gasteiger partial charge is 0.257 e. The number of hydrogen-bond acceptors (Lipinski definition) is 6. The van der Waals surface area contributed by atoms with Crippen molar-refractivity contribution in [2.24, 2.45) is 0 Å². The van der Waals surface area contributed by atoms with Crippen LogP contribution < -0.4 is 10.1 Å². The highest BCUT2D eigenvalue weighted by Gasteiger charge is 2.32. The van der Waals surface area contributed by atoms with Gasteiger partial charge in [0.1, 0.15) is 11.2 Å². The van der Waals surface area contributed by atoms with Crippen molar-refractivity contribution in [2.75, 3.05) is 13.2 Å². The fourth-order valence-electron chi connectivity index (χ4n) is 2.92. The maximum Gasteiger partial charge on any atom is 0.257 e. The van der Waals surface area contributed by atoms with Crippen molar-refractivity contribution in [1.82, 2.24) is 20.3 Å². The molecule has 7 nitrogen and oxygen atoms in total. The highest BCUT2D eigenvalue weighted by atomic mass is 16.5. The zero-order chi connectivity index (χ0) is 18.4. The Morgan fingerprint density at radius 1 is 1.31 bits per heavy atom. The van der Waals surface area contributed by atoms with Crippen LogP contribution in [0.4, 0.5) is 0 Å². The average molecular weight is 356 g/mol. The van der Waals surface area contributed by atoms with Crippen LogP contribution in [0.15, 0.2) is 30.7 Å². The molecule has 1 amide bonds. The summed E-state index contributed by atoms with van der Waals surface area (Å²) in [6.45, 7) is 5.40. The minimum atomic E-state index is -0.415. The van der Waals surface area contributed by atoms with Crippen LogP contribution in [-0.2, 0) is 16.9 Å². The van der Waals surface area contributed by atoms with Crippen LogP contribution in [0, 0.1) is 0 Å². The molecule has 1 aliphatic heterocycles. The highest BCUT2D eigenvalue weighted by molar-refractivity contribution is 5.96. The monoisotopic (exact) mass is 356 g/mol. The molecule has 3 rings (SSSR count). The zero-order valence-electron chi connectivity index (χ0n) is 15.2. The number of amides is 1. The van der Waals surface area contributed by atoms with Crippen molar-refractivity contribution in [3.05, 3.63) is 47.7 Å². The first-order chi connectivity index (χ1) is 12.6. The normalized spacial score (nSPS) is 19.8. The van der Waals surface area contributed by atoms with E-state index in [-0.39, 0.29) is 5.91 Å². The lowest BCUT2D eigenvalue weighted by atomic mass is 9.95. The summed E-state index contributed by atoms with van der Waals surface area (Å²) in [6.07, 6.45) is 8.19. The third-order valence-corrected chi connectivity index (χ3v) is 4.40. The van der Waals surface area contributed by atoms with E-state index in [1.807, 2.05) is 13.8 Å². The van der Waals surface area contributed by atoms with E-state index in [9.17, 15) is 4.79 Å². The fourth-order valence-corrected chi connectivity index (χ4v) is 2.92. The molecule has 1 N–H and O–H groups in total. The molecule has 0 radical (unpaired) electrons. The quantitative estimate of drug-likeness (QED) is 0.856. The summed E-state index contributed by atoms with van der Waals surface area (Å²) in [5, 5.41) is 2.85. The molecule has 0 saturated carbocycles. The average Bonchev–Trinajstić information content (AvgIpc) is 2.68. The van der Waals surface area contributed by atoms with E-state index in [2.05, 4.69) is 20.3 Å². The Hall–Kier alpha value is -2.54. The Balaban J connectivity index is 1.62. The molecule has 0 aliphatic carbocycles. The number of nitrogens with zero attached hydrogens (tertiary/aromatic N) is 3. The number of hydrogen-bond donors (Lipinski definition) is 1. The van der Waals surface area contributed by atoms with Gasteiger partial charge in [-0.2, -0.15) is 0 Å². The van der Waals surface area contributed by atoms with Gasteiger partial charge in [0.25, 0.3) is 5.91 Å². The van der Waals surface area contributed by atoms with Gasteiger partial charge in [-0.25, -0.2) is 15.0 Å². The Labute approximate surface area is 153 Å². The van der Waals surface area contributed by atoms with E-state index in [0.717, 1.165) is 31.4 Å². The first-order valence-electron chi connectivity index (χ1n) is 8.94. The van der Waals surface area contributed by atoms with E-state index < -0.39 is 5.60 Å². The first kappa shape index (κ1) is 18.3. The van der Waals surface area contributed by atoms with Gasteiger partial charge in [-0.05, 0) is 45.2 Å². The third kappa shape index (κ3) is 4.16. The molecule has 1 saturated heterocycles. The fraction of sp³-hybridized carbons (Fsp3) is 0.474. The molecule has 7 heteroatoms. The van der Waals surface area contributed by atoms with E-state index in [1.165, 1.54) is 0 Å². The molecule has 3 heterocycles. The van der Waals surface area contributed by atoms with Gasteiger partial charge in [0.2, 0.25) is 5.88 Å². The largest absolute Gasteiger partial charge is 0.477 e. The van der Waals surface area contributed by atoms with E-state index in [1.54, 1.807) is 30.7 Å². The van der Waals surface area contributed by atoms with Crippen molar-refractivity contribution in [3.63, 3.8) is 0 Å². The SMILES string of the molecule is CCOc1ncccc1C(=O)NCc1cnc(C2(C)CCCCO2)nc1. The maximum atomic E-state index is 12.4. The summed E-state index contributed by atoms with van der Waals surface area (Å²) < 4.78 is 11.3. The number of nitrogens with one attached hydrogen (secondary N) is 1. The molecular formula is C19H24N4O3. The van der Waals surface area contributed by atoms with Crippen molar-refractivity contribution in [1.29, 1.82) is 0 Å². The molecule has 1 aliphatic rings. The molecular weight excluding hydrogens is 332 g/mol. The van der Waals surface area contributed by atoms with Crippen LogP contribution in [0.2, 0.25) is 0 Å². The van der Waals surface area contributed by atoms with Crippen molar-refractivity contribution in [3.8, 4) is 5.88 Å². The molecule has 0 bridgehead atoms. The van der Waals surface area contributed by atoms with Gasteiger partial charge in [0.05, 0.1) is 6.61 Å². The Kier molecular flexibility index (Phi) is 5.78. The van der Waals surface area contributed by atoms with Crippen LogP contribution >= 0.6 is 0 Å². The van der Waals surface area contributed by atoms with Crippen LogP contribution in [0.5, 0.6) is 5.88 Å². The highest BCUT2D eigenvalue weighted by Crippen LogP contribution is 2.32. The number of carbonyl (C=O) groups is 1. The number of rotatable bonds is 6. The lowest BCUT2D eigenvalue weighted by Gasteiger charge is -2.32. The molecule has 0 aromatic carbocycles. The lowest BCUT2D eigenvalue weighted by molar-refractivity contribution is -0.0760. The van der Waals surface area contributed by atoms with Crippen molar-refractivity contribution >= 4 is 5.91 Å².